The van der Waals surface area contributed by atoms with Gasteiger partial charge in [-0.05, 0) is 32.0 Å². The molecule has 4 nitrogen and oxygen atoms in total. The predicted molar refractivity (Wildman–Crippen MR) is 78.0 cm³/mol. The Morgan fingerprint density at radius 2 is 2.21 bits per heavy atom. The molecule has 1 aromatic rings. The summed E-state index contributed by atoms with van der Waals surface area (Å²) in [6, 6.07) is 4.93. The molecule has 1 aromatic heterocycles. The van der Waals surface area contributed by atoms with Crippen molar-refractivity contribution in [3.05, 3.63) is 24.2 Å². The molecule has 1 fully saturated rings. The zero-order valence-corrected chi connectivity index (χ0v) is 12.4. The summed E-state index contributed by atoms with van der Waals surface area (Å²) in [5, 5.41) is 0. The molecular weight excluding hydrogens is 238 g/mol. The van der Waals surface area contributed by atoms with Gasteiger partial charge in [0.05, 0.1) is 12.3 Å². The van der Waals surface area contributed by atoms with Crippen molar-refractivity contribution in [2.75, 3.05) is 26.2 Å². The quantitative estimate of drug-likeness (QED) is 0.885. The van der Waals surface area contributed by atoms with Crippen LogP contribution >= 0.6 is 0 Å². The molecule has 0 saturated carbocycles. The monoisotopic (exact) mass is 265 g/mol. The van der Waals surface area contributed by atoms with Gasteiger partial charge in [-0.25, -0.2) is 0 Å². The molecule has 19 heavy (non-hydrogen) atoms. The average Bonchev–Trinajstić information content (AvgIpc) is 2.93. The molecule has 0 amide bonds. The Balaban J connectivity index is 2.12. The number of piperazine rings is 1. The molecule has 1 saturated heterocycles. The van der Waals surface area contributed by atoms with Crippen LogP contribution in [0.5, 0.6) is 0 Å². The van der Waals surface area contributed by atoms with Crippen LogP contribution in [0.25, 0.3) is 0 Å². The molecule has 2 heterocycles. The van der Waals surface area contributed by atoms with E-state index in [9.17, 15) is 0 Å². The lowest BCUT2D eigenvalue weighted by molar-refractivity contribution is 0.0419. The van der Waals surface area contributed by atoms with Gasteiger partial charge >= 0.3 is 0 Å². The van der Waals surface area contributed by atoms with Crippen molar-refractivity contribution in [2.45, 2.75) is 45.3 Å². The number of hydrogen-bond donors (Lipinski definition) is 1. The van der Waals surface area contributed by atoms with E-state index >= 15 is 0 Å². The van der Waals surface area contributed by atoms with E-state index in [0.29, 0.717) is 6.04 Å². The van der Waals surface area contributed by atoms with Crippen LogP contribution in [0.15, 0.2) is 22.8 Å². The average molecular weight is 265 g/mol. The van der Waals surface area contributed by atoms with Gasteiger partial charge in [-0.1, -0.05) is 13.8 Å². The standard InChI is InChI=1S/C15H27N3O/c1-4-13(16)15(14-7-6-10-19-14)18-9-8-17(5-2)12(3)11-18/h6-7,10,12-13,15H,4-5,8-9,11,16H2,1-3H3. The summed E-state index contributed by atoms with van der Waals surface area (Å²) in [4.78, 5) is 5.01. The molecule has 3 unspecified atom stereocenters. The van der Waals surface area contributed by atoms with Gasteiger partial charge < -0.3 is 10.2 Å². The van der Waals surface area contributed by atoms with Crippen molar-refractivity contribution < 1.29 is 4.42 Å². The Kier molecular flexibility index (Phi) is 5.02. The zero-order chi connectivity index (χ0) is 13.8. The zero-order valence-electron chi connectivity index (χ0n) is 12.4. The minimum Gasteiger partial charge on any atom is -0.468 e. The van der Waals surface area contributed by atoms with Gasteiger partial charge in [0.25, 0.3) is 0 Å². The van der Waals surface area contributed by atoms with E-state index in [1.54, 1.807) is 6.26 Å². The van der Waals surface area contributed by atoms with Crippen molar-refractivity contribution >= 4 is 0 Å². The number of hydrogen-bond acceptors (Lipinski definition) is 4. The minimum atomic E-state index is 0.131. The third kappa shape index (κ3) is 3.19. The van der Waals surface area contributed by atoms with Gasteiger partial charge in [0.1, 0.15) is 5.76 Å². The number of rotatable bonds is 5. The molecule has 0 aromatic carbocycles. The van der Waals surface area contributed by atoms with Crippen LogP contribution in [0.3, 0.4) is 0 Å². The van der Waals surface area contributed by atoms with Crippen LogP contribution in [0, 0.1) is 0 Å². The van der Waals surface area contributed by atoms with Crippen LogP contribution in [0.2, 0.25) is 0 Å². The number of nitrogens with two attached hydrogens (primary N) is 1. The third-order valence-electron chi connectivity index (χ3n) is 4.31. The molecule has 1 aliphatic heterocycles. The Morgan fingerprint density at radius 1 is 1.42 bits per heavy atom. The fourth-order valence-electron chi connectivity index (χ4n) is 3.09. The van der Waals surface area contributed by atoms with Gasteiger partial charge in [0, 0.05) is 31.7 Å². The molecule has 0 aliphatic carbocycles. The van der Waals surface area contributed by atoms with Crippen LogP contribution in [0.1, 0.15) is 39.0 Å². The van der Waals surface area contributed by atoms with E-state index in [-0.39, 0.29) is 12.1 Å². The fourth-order valence-corrected chi connectivity index (χ4v) is 3.09. The van der Waals surface area contributed by atoms with E-state index in [1.165, 1.54) is 0 Å². The van der Waals surface area contributed by atoms with Gasteiger partial charge in [-0.2, -0.15) is 0 Å². The number of furan rings is 1. The van der Waals surface area contributed by atoms with E-state index in [2.05, 4.69) is 36.6 Å². The minimum absolute atomic E-state index is 0.131. The Hall–Kier alpha value is -0.840. The maximum Gasteiger partial charge on any atom is 0.122 e. The third-order valence-corrected chi connectivity index (χ3v) is 4.31. The molecule has 2 rings (SSSR count). The van der Waals surface area contributed by atoms with Crippen LogP contribution < -0.4 is 5.73 Å². The molecule has 1 aliphatic rings. The lowest BCUT2D eigenvalue weighted by atomic mass is 10.00. The number of likely N-dealkylation sites (N-methyl/N-ethyl adjacent to an activating group) is 1. The summed E-state index contributed by atoms with van der Waals surface area (Å²) >= 11 is 0. The Morgan fingerprint density at radius 3 is 2.74 bits per heavy atom. The highest BCUT2D eigenvalue weighted by atomic mass is 16.3. The molecule has 4 heteroatoms. The highest BCUT2D eigenvalue weighted by molar-refractivity contribution is 5.08. The molecule has 0 bridgehead atoms. The Labute approximate surface area is 116 Å². The summed E-state index contributed by atoms with van der Waals surface area (Å²) in [6.07, 6.45) is 2.71. The van der Waals surface area contributed by atoms with Crippen molar-refractivity contribution in [3.8, 4) is 0 Å². The lowest BCUT2D eigenvalue weighted by Gasteiger charge is -2.43. The van der Waals surface area contributed by atoms with Gasteiger partial charge in [0.2, 0.25) is 0 Å². The number of nitrogens with zero attached hydrogens (tertiary/aromatic N) is 2. The molecule has 0 spiro atoms. The molecular formula is C15H27N3O. The van der Waals surface area contributed by atoms with Crippen molar-refractivity contribution in [1.82, 2.24) is 9.80 Å². The first-order valence-electron chi connectivity index (χ1n) is 7.44. The van der Waals surface area contributed by atoms with E-state index < -0.39 is 0 Å². The maximum atomic E-state index is 6.34. The normalized spacial score (nSPS) is 25.4. The topological polar surface area (TPSA) is 45.6 Å². The molecule has 2 N–H and O–H groups in total. The fraction of sp³-hybridized carbons (Fsp3) is 0.733. The lowest BCUT2D eigenvalue weighted by Crippen LogP contribution is -2.55. The largest absolute Gasteiger partial charge is 0.468 e. The molecule has 3 atom stereocenters. The van der Waals surface area contributed by atoms with E-state index in [1.807, 2.05) is 6.07 Å². The summed E-state index contributed by atoms with van der Waals surface area (Å²) in [5.74, 6) is 1.01. The first-order chi connectivity index (χ1) is 9.17. The summed E-state index contributed by atoms with van der Waals surface area (Å²) in [7, 11) is 0. The highest BCUT2D eigenvalue weighted by Crippen LogP contribution is 2.27. The van der Waals surface area contributed by atoms with Crippen LogP contribution in [0.4, 0.5) is 0 Å². The summed E-state index contributed by atoms with van der Waals surface area (Å²) in [6.45, 7) is 11.0. The van der Waals surface area contributed by atoms with E-state index in [0.717, 1.165) is 38.4 Å². The van der Waals surface area contributed by atoms with Crippen molar-refractivity contribution in [3.63, 3.8) is 0 Å². The first-order valence-corrected chi connectivity index (χ1v) is 7.44. The second-order valence-electron chi connectivity index (χ2n) is 5.50. The van der Waals surface area contributed by atoms with Gasteiger partial charge in [-0.3, -0.25) is 9.80 Å². The second kappa shape index (κ2) is 6.55. The maximum absolute atomic E-state index is 6.34. The van der Waals surface area contributed by atoms with Crippen molar-refractivity contribution in [2.24, 2.45) is 5.73 Å². The highest BCUT2D eigenvalue weighted by Gasteiger charge is 2.32. The van der Waals surface area contributed by atoms with Gasteiger partial charge in [-0.15, -0.1) is 0 Å². The van der Waals surface area contributed by atoms with Crippen LogP contribution in [-0.4, -0.2) is 48.1 Å². The SMILES string of the molecule is CCC(N)C(c1ccco1)N1CCN(CC)C(C)C1. The summed E-state index contributed by atoms with van der Waals surface area (Å²) < 4.78 is 5.62. The van der Waals surface area contributed by atoms with Crippen LogP contribution in [-0.2, 0) is 0 Å². The van der Waals surface area contributed by atoms with Gasteiger partial charge in [0.15, 0.2) is 0 Å². The first kappa shape index (κ1) is 14.6. The predicted octanol–water partition coefficient (Wildman–Crippen LogP) is 2.08. The van der Waals surface area contributed by atoms with Crippen molar-refractivity contribution in [1.29, 1.82) is 0 Å². The smallest absolute Gasteiger partial charge is 0.122 e. The second-order valence-corrected chi connectivity index (χ2v) is 5.50. The molecule has 0 radical (unpaired) electrons. The summed E-state index contributed by atoms with van der Waals surface area (Å²) in [5.41, 5.74) is 6.34. The van der Waals surface area contributed by atoms with E-state index in [4.69, 9.17) is 10.2 Å². The Bertz CT molecular complexity index is 365. The molecule has 108 valence electrons.